The molecule has 5 heteroatoms. The summed E-state index contributed by atoms with van der Waals surface area (Å²) >= 11 is 0.769. The van der Waals surface area contributed by atoms with Gasteiger partial charge in [-0.3, -0.25) is 0 Å². The van der Waals surface area contributed by atoms with E-state index < -0.39 is 11.1 Å². The van der Waals surface area contributed by atoms with Crippen LogP contribution in [0.5, 0.6) is 0 Å². The van der Waals surface area contributed by atoms with Crippen LogP contribution in [-0.2, 0) is 6.18 Å². The number of anilines is 1. The number of alkyl halides is 3. The molecule has 1 aromatic heterocycles. The average molecular weight is 231 g/mol. The van der Waals surface area contributed by atoms with E-state index in [1.165, 1.54) is 6.07 Å². The first kappa shape index (κ1) is 10.3. The second kappa shape index (κ2) is 3.41. The average Bonchev–Trinajstić information content (AvgIpc) is 2.59. The van der Waals surface area contributed by atoms with E-state index in [0.717, 1.165) is 17.0 Å². The lowest BCUT2D eigenvalue weighted by Gasteiger charge is -2.00. The maximum Gasteiger partial charge on any atom is 0.425 e. The highest BCUT2D eigenvalue weighted by Crippen LogP contribution is 2.40. The molecule has 0 spiro atoms. The highest BCUT2D eigenvalue weighted by Gasteiger charge is 2.32. The second-order valence-electron chi connectivity index (χ2n) is 3.08. The summed E-state index contributed by atoms with van der Waals surface area (Å²) in [7, 11) is 1.69. The first-order valence-electron chi connectivity index (χ1n) is 4.30. The van der Waals surface area contributed by atoms with Gasteiger partial charge in [-0.05, 0) is 18.2 Å². The molecule has 1 nitrogen and oxygen atoms in total. The Hall–Kier alpha value is -1.23. The number of halogens is 3. The summed E-state index contributed by atoms with van der Waals surface area (Å²) < 4.78 is 38.0. The molecule has 0 aliphatic rings. The van der Waals surface area contributed by atoms with Crippen molar-refractivity contribution in [2.24, 2.45) is 0 Å². The van der Waals surface area contributed by atoms with Crippen LogP contribution in [0.25, 0.3) is 10.1 Å². The molecule has 1 aromatic carbocycles. The normalized spacial score (nSPS) is 12.0. The monoisotopic (exact) mass is 231 g/mol. The number of nitrogens with one attached hydrogen (secondary N) is 1. The molecule has 0 saturated carbocycles. The number of rotatable bonds is 1. The van der Waals surface area contributed by atoms with Gasteiger partial charge in [0, 0.05) is 22.8 Å². The van der Waals surface area contributed by atoms with Crippen LogP contribution in [-0.4, -0.2) is 7.05 Å². The maximum absolute atomic E-state index is 12.5. The second-order valence-corrected chi connectivity index (χ2v) is 4.16. The first-order chi connectivity index (χ1) is 7.02. The van der Waals surface area contributed by atoms with Crippen molar-refractivity contribution in [3.05, 3.63) is 29.1 Å². The topological polar surface area (TPSA) is 12.0 Å². The molecule has 2 aromatic rings. The van der Waals surface area contributed by atoms with Crippen molar-refractivity contribution in [2.75, 3.05) is 12.4 Å². The lowest BCUT2D eigenvalue weighted by atomic mass is 10.2. The van der Waals surface area contributed by atoms with Gasteiger partial charge in [-0.2, -0.15) is 13.2 Å². The molecule has 2 rings (SSSR count). The molecule has 1 heterocycles. The fourth-order valence-electron chi connectivity index (χ4n) is 1.42. The Kier molecular flexibility index (Phi) is 2.34. The van der Waals surface area contributed by atoms with Crippen molar-refractivity contribution < 1.29 is 13.2 Å². The molecule has 1 N–H and O–H groups in total. The molecular weight excluding hydrogens is 223 g/mol. The fraction of sp³-hybridized carbons (Fsp3) is 0.200. The van der Waals surface area contributed by atoms with Gasteiger partial charge in [0.1, 0.15) is 4.88 Å². The molecule has 0 radical (unpaired) electrons. The standard InChI is InChI=1S/C10H8F3NS/c1-14-7-3-2-4-8-6(7)5-9(15-8)10(11,12)13/h2-5,14H,1H3. The number of hydrogen-bond acceptors (Lipinski definition) is 2. The fourth-order valence-corrected chi connectivity index (χ4v) is 2.37. The highest BCUT2D eigenvalue weighted by atomic mass is 32.1. The smallest absolute Gasteiger partial charge is 0.388 e. The van der Waals surface area contributed by atoms with Crippen molar-refractivity contribution in [2.45, 2.75) is 6.18 Å². The molecule has 0 atom stereocenters. The minimum Gasteiger partial charge on any atom is -0.388 e. The summed E-state index contributed by atoms with van der Waals surface area (Å²) in [5.74, 6) is 0. The van der Waals surface area contributed by atoms with E-state index in [2.05, 4.69) is 5.32 Å². The first-order valence-corrected chi connectivity index (χ1v) is 5.11. The van der Waals surface area contributed by atoms with E-state index in [-0.39, 0.29) is 0 Å². The zero-order valence-corrected chi connectivity index (χ0v) is 8.67. The van der Waals surface area contributed by atoms with Gasteiger partial charge in [-0.25, -0.2) is 0 Å². The van der Waals surface area contributed by atoms with Crippen molar-refractivity contribution >= 4 is 27.1 Å². The predicted molar refractivity (Wildman–Crippen MR) is 56.4 cm³/mol. The van der Waals surface area contributed by atoms with Gasteiger partial charge in [-0.15, -0.1) is 11.3 Å². The Morgan fingerprint density at radius 1 is 1.27 bits per heavy atom. The Bertz CT molecular complexity index is 487. The van der Waals surface area contributed by atoms with Crippen LogP contribution in [0.2, 0.25) is 0 Å². The molecule has 0 amide bonds. The zero-order valence-electron chi connectivity index (χ0n) is 7.85. The van der Waals surface area contributed by atoms with E-state index >= 15 is 0 Å². The highest BCUT2D eigenvalue weighted by molar-refractivity contribution is 7.19. The predicted octanol–water partition coefficient (Wildman–Crippen LogP) is 3.96. The van der Waals surface area contributed by atoms with Crippen LogP contribution in [0.3, 0.4) is 0 Å². The van der Waals surface area contributed by atoms with Gasteiger partial charge in [-0.1, -0.05) is 6.07 Å². The lowest BCUT2D eigenvalue weighted by Crippen LogP contribution is -2.00. The minimum absolute atomic E-state index is 0.555. The van der Waals surface area contributed by atoms with Crippen molar-refractivity contribution in [3.63, 3.8) is 0 Å². The van der Waals surface area contributed by atoms with Crippen molar-refractivity contribution in [1.29, 1.82) is 0 Å². The van der Waals surface area contributed by atoms with E-state index in [1.54, 1.807) is 25.2 Å². The van der Waals surface area contributed by atoms with Crippen LogP contribution < -0.4 is 5.32 Å². The third-order valence-electron chi connectivity index (χ3n) is 2.11. The SMILES string of the molecule is CNc1cccc2sc(C(F)(F)F)cc12. The molecule has 15 heavy (non-hydrogen) atoms. The van der Waals surface area contributed by atoms with E-state index in [4.69, 9.17) is 0 Å². The number of fused-ring (bicyclic) bond motifs is 1. The van der Waals surface area contributed by atoms with Crippen LogP contribution >= 0.6 is 11.3 Å². The number of thiophene rings is 1. The van der Waals surface area contributed by atoms with E-state index in [9.17, 15) is 13.2 Å². The molecule has 0 bridgehead atoms. The Morgan fingerprint density at radius 3 is 2.60 bits per heavy atom. The van der Waals surface area contributed by atoms with E-state index in [0.29, 0.717) is 10.1 Å². The third-order valence-corrected chi connectivity index (χ3v) is 3.26. The molecule has 0 aliphatic carbocycles. The van der Waals surface area contributed by atoms with Crippen LogP contribution in [0.1, 0.15) is 4.88 Å². The molecule has 0 saturated heterocycles. The van der Waals surface area contributed by atoms with Gasteiger partial charge in [0.25, 0.3) is 0 Å². The summed E-state index contributed by atoms with van der Waals surface area (Å²) in [6.45, 7) is 0. The van der Waals surface area contributed by atoms with Gasteiger partial charge >= 0.3 is 6.18 Å². The Labute approximate surface area is 88.5 Å². The minimum atomic E-state index is -4.26. The van der Waals surface area contributed by atoms with Crippen LogP contribution in [0.4, 0.5) is 18.9 Å². The summed E-state index contributed by atoms with van der Waals surface area (Å²) in [5, 5.41) is 3.50. The third kappa shape index (κ3) is 1.79. The largest absolute Gasteiger partial charge is 0.425 e. The maximum atomic E-state index is 12.5. The quantitative estimate of drug-likeness (QED) is 0.783. The molecule has 0 aliphatic heterocycles. The summed E-state index contributed by atoms with van der Waals surface area (Å²) in [6.07, 6.45) is -4.26. The summed E-state index contributed by atoms with van der Waals surface area (Å²) in [6, 6.07) is 6.38. The van der Waals surface area contributed by atoms with E-state index in [1.807, 2.05) is 0 Å². The lowest BCUT2D eigenvalue weighted by molar-refractivity contribution is -0.134. The zero-order chi connectivity index (χ0) is 11.1. The van der Waals surface area contributed by atoms with Gasteiger partial charge in [0.15, 0.2) is 0 Å². The van der Waals surface area contributed by atoms with Gasteiger partial charge < -0.3 is 5.32 Å². The molecule has 0 unspecified atom stereocenters. The summed E-state index contributed by atoms with van der Waals surface area (Å²) in [4.78, 5) is -0.555. The Balaban J connectivity index is 2.65. The van der Waals surface area contributed by atoms with Crippen LogP contribution in [0, 0.1) is 0 Å². The summed E-state index contributed by atoms with van der Waals surface area (Å²) in [5.41, 5.74) is 0.722. The molecule has 80 valence electrons. The van der Waals surface area contributed by atoms with Crippen molar-refractivity contribution in [1.82, 2.24) is 0 Å². The molecular formula is C10H8F3NS. The molecule has 0 fully saturated rings. The van der Waals surface area contributed by atoms with Gasteiger partial charge in [0.2, 0.25) is 0 Å². The van der Waals surface area contributed by atoms with Crippen LogP contribution in [0.15, 0.2) is 24.3 Å². The van der Waals surface area contributed by atoms with Crippen molar-refractivity contribution in [3.8, 4) is 0 Å². The number of hydrogen-bond donors (Lipinski definition) is 1. The van der Waals surface area contributed by atoms with Gasteiger partial charge in [0.05, 0.1) is 0 Å². The number of benzene rings is 1. The Morgan fingerprint density at radius 2 is 2.00 bits per heavy atom.